The molecule has 1 heterocycles. The Morgan fingerprint density at radius 3 is 2.52 bits per heavy atom. The molecule has 0 saturated heterocycles. The summed E-state index contributed by atoms with van der Waals surface area (Å²) in [6.07, 6.45) is -5.01. The maximum absolute atomic E-state index is 14.1. The summed E-state index contributed by atoms with van der Waals surface area (Å²) >= 11 is 0. The lowest BCUT2D eigenvalue weighted by molar-refractivity contribution is -0.275. The Labute approximate surface area is 175 Å². The van der Waals surface area contributed by atoms with Crippen LogP contribution in [0.5, 0.6) is 5.75 Å². The van der Waals surface area contributed by atoms with Crippen LogP contribution in [0.15, 0.2) is 29.1 Å². The Hall–Kier alpha value is -2.70. The smallest absolute Gasteiger partial charge is 0.403 e. The molecule has 0 bridgehead atoms. The number of halogens is 4. The predicted molar refractivity (Wildman–Crippen MR) is 104 cm³/mol. The number of nitrogens with zero attached hydrogens (tertiary/aromatic N) is 2. The molecular weight excluding hydrogens is 424 g/mol. The minimum absolute atomic E-state index is 0.0333. The summed E-state index contributed by atoms with van der Waals surface area (Å²) in [6.45, 7) is 1.50. The standard InChI is InChI=1S/C19H24F4N4O4/c1-18(29,15-8-16(28)26-17(25-15)27(2)3)24-9-12(10-30-4)11-5-6-14(13(20)7-11)31-19(21,22)23/h5-8,12,24,29H,9-10H2,1-4H3,(H,25,26,28). The quantitative estimate of drug-likeness (QED) is 0.399. The first kappa shape index (κ1) is 24.6. The van der Waals surface area contributed by atoms with Gasteiger partial charge in [-0.3, -0.25) is 15.1 Å². The second-order valence-electron chi connectivity index (χ2n) is 7.19. The first-order valence-electron chi connectivity index (χ1n) is 9.13. The van der Waals surface area contributed by atoms with Crippen molar-refractivity contribution in [3.63, 3.8) is 0 Å². The molecule has 3 N–H and O–H groups in total. The summed E-state index contributed by atoms with van der Waals surface area (Å²) in [6, 6.07) is 4.20. The van der Waals surface area contributed by atoms with Crippen molar-refractivity contribution >= 4 is 5.95 Å². The Morgan fingerprint density at radius 2 is 1.97 bits per heavy atom. The third-order valence-corrected chi connectivity index (χ3v) is 4.37. The highest BCUT2D eigenvalue weighted by molar-refractivity contribution is 5.32. The van der Waals surface area contributed by atoms with Crippen molar-refractivity contribution in [3.8, 4) is 5.75 Å². The Kier molecular flexibility index (Phi) is 7.63. The van der Waals surface area contributed by atoms with Gasteiger partial charge in [0.25, 0.3) is 5.56 Å². The van der Waals surface area contributed by atoms with Gasteiger partial charge < -0.3 is 19.5 Å². The molecule has 1 aromatic heterocycles. The van der Waals surface area contributed by atoms with Gasteiger partial charge in [0.1, 0.15) is 0 Å². The van der Waals surface area contributed by atoms with Gasteiger partial charge in [-0.1, -0.05) is 6.07 Å². The first-order valence-corrected chi connectivity index (χ1v) is 9.13. The van der Waals surface area contributed by atoms with E-state index in [0.29, 0.717) is 5.56 Å². The van der Waals surface area contributed by atoms with Gasteiger partial charge in [0.2, 0.25) is 5.95 Å². The largest absolute Gasteiger partial charge is 0.573 e. The molecule has 0 aliphatic carbocycles. The molecular formula is C19H24F4N4O4. The van der Waals surface area contributed by atoms with Crippen LogP contribution >= 0.6 is 0 Å². The number of H-pyrrole nitrogens is 1. The zero-order valence-electron chi connectivity index (χ0n) is 17.4. The van der Waals surface area contributed by atoms with E-state index in [4.69, 9.17) is 4.74 Å². The van der Waals surface area contributed by atoms with Crippen LogP contribution in [0.1, 0.15) is 24.1 Å². The first-order chi connectivity index (χ1) is 14.3. The number of anilines is 1. The summed E-state index contributed by atoms with van der Waals surface area (Å²) in [5.74, 6) is -2.44. The van der Waals surface area contributed by atoms with Crippen molar-refractivity contribution in [2.75, 3.05) is 39.3 Å². The molecule has 2 atom stereocenters. The van der Waals surface area contributed by atoms with E-state index >= 15 is 0 Å². The van der Waals surface area contributed by atoms with Crippen molar-refractivity contribution in [1.82, 2.24) is 15.3 Å². The number of aromatic nitrogens is 2. The maximum atomic E-state index is 14.1. The molecule has 8 nitrogen and oxygen atoms in total. The van der Waals surface area contributed by atoms with Crippen LogP contribution in [0.3, 0.4) is 0 Å². The van der Waals surface area contributed by atoms with Gasteiger partial charge in [0.15, 0.2) is 17.3 Å². The topological polar surface area (TPSA) is 99.7 Å². The van der Waals surface area contributed by atoms with Crippen LogP contribution < -0.4 is 20.5 Å². The van der Waals surface area contributed by atoms with E-state index in [1.54, 1.807) is 19.0 Å². The lowest BCUT2D eigenvalue weighted by Gasteiger charge is -2.28. The predicted octanol–water partition coefficient (Wildman–Crippen LogP) is 2.06. The molecule has 172 valence electrons. The molecule has 0 fully saturated rings. The van der Waals surface area contributed by atoms with E-state index in [0.717, 1.165) is 18.2 Å². The molecule has 0 aliphatic heterocycles. The second kappa shape index (κ2) is 9.62. The van der Waals surface area contributed by atoms with Gasteiger partial charge in [0.05, 0.1) is 12.3 Å². The molecule has 0 saturated carbocycles. The molecule has 2 rings (SSSR count). The van der Waals surface area contributed by atoms with Gasteiger partial charge in [-0.05, 0) is 24.6 Å². The third kappa shape index (κ3) is 6.91. The Balaban J connectivity index is 2.22. The number of alkyl halides is 3. The van der Waals surface area contributed by atoms with Crippen LogP contribution in [0, 0.1) is 5.82 Å². The van der Waals surface area contributed by atoms with Gasteiger partial charge in [-0.2, -0.15) is 0 Å². The van der Waals surface area contributed by atoms with E-state index in [1.807, 2.05) is 0 Å². The van der Waals surface area contributed by atoms with Crippen molar-refractivity contribution in [1.29, 1.82) is 0 Å². The zero-order chi connectivity index (χ0) is 23.4. The second-order valence-corrected chi connectivity index (χ2v) is 7.19. The molecule has 0 radical (unpaired) electrons. The number of rotatable bonds is 9. The van der Waals surface area contributed by atoms with Gasteiger partial charge in [-0.15, -0.1) is 13.2 Å². The molecule has 0 aliphatic rings. The SMILES string of the molecule is COCC(CNC(C)(O)c1cc(=O)[nH]c(N(C)C)n1)c1ccc(OC(F)(F)F)c(F)c1. The number of ether oxygens (including phenoxy) is 2. The number of hydrogen-bond acceptors (Lipinski definition) is 7. The van der Waals surface area contributed by atoms with Crippen LogP contribution in [-0.4, -0.2) is 55.8 Å². The van der Waals surface area contributed by atoms with Gasteiger partial charge >= 0.3 is 6.36 Å². The van der Waals surface area contributed by atoms with E-state index in [-0.39, 0.29) is 24.8 Å². The fraction of sp³-hybridized carbons (Fsp3) is 0.474. The summed E-state index contributed by atoms with van der Waals surface area (Å²) < 4.78 is 59.9. The molecule has 12 heteroatoms. The number of nitrogens with one attached hydrogen (secondary N) is 2. The minimum atomic E-state index is -5.01. The lowest BCUT2D eigenvalue weighted by Crippen LogP contribution is -2.43. The molecule has 0 amide bonds. The number of aliphatic hydroxyl groups is 1. The van der Waals surface area contributed by atoms with Gasteiger partial charge in [-0.25, -0.2) is 9.37 Å². The minimum Gasteiger partial charge on any atom is -0.403 e. The van der Waals surface area contributed by atoms with Crippen molar-refractivity contribution in [3.05, 3.63) is 51.7 Å². The van der Waals surface area contributed by atoms with Crippen LogP contribution in [0.25, 0.3) is 0 Å². The van der Waals surface area contributed by atoms with E-state index in [9.17, 15) is 27.5 Å². The average Bonchev–Trinajstić information content (AvgIpc) is 2.65. The zero-order valence-corrected chi connectivity index (χ0v) is 17.4. The fourth-order valence-corrected chi connectivity index (χ4v) is 2.77. The summed E-state index contributed by atoms with van der Waals surface area (Å²) in [7, 11) is 4.74. The molecule has 31 heavy (non-hydrogen) atoms. The fourth-order valence-electron chi connectivity index (χ4n) is 2.77. The molecule has 2 unspecified atom stereocenters. The van der Waals surface area contributed by atoms with E-state index in [2.05, 4.69) is 20.0 Å². The van der Waals surface area contributed by atoms with E-state index in [1.165, 1.54) is 20.1 Å². The van der Waals surface area contributed by atoms with Crippen molar-refractivity contribution in [2.24, 2.45) is 0 Å². The van der Waals surface area contributed by atoms with Crippen molar-refractivity contribution in [2.45, 2.75) is 24.9 Å². The highest BCUT2D eigenvalue weighted by Gasteiger charge is 2.33. The average molecular weight is 448 g/mol. The summed E-state index contributed by atoms with van der Waals surface area (Å²) in [4.78, 5) is 20.2. The Morgan fingerprint density at radius 1 is 1.29 bits per heavy atom. The highest BCUT2D eigenvalue weighted by Crippen LogP contribution is 2.29. The van der Waals surface area contributed by atoms with Crippen LogP contribution in [-0.2, 0) is 10.5 Å². The maximum Gasteiger partial charge on any atom is 0.573 e. The third-order valence-electron chi connectivity index (χ3n) is 4.37. The van der Waals surface area contributed by atoms with E-state index < -0.39 is 35.1 Å². The summed E-state index contributed by atoms with van der Waals surface area (Å²) in [5.41, 5.74) is -1.82. The number of methoxy groups -OCH3 is 1. The van der Waals surface area contributed by atoms with Gasteiger partial charge in [0, 0.05) is 39.7 Å². The molecule has 2 aromatic rings. The van der Waals surface area contributed by atoms with Crippen LogP contribution in [0.4, 0.5) is 23.5 Å². The Bertz CT molecular complexity index is 947. The molecule has 0 spiro atoms. The number of hydrogen-bond donors (Lipinski definition) is 3. The highest BCUT2D eigenvalue weighted by atomic mass is 19.4. The summed E-state index contributed by atoms with van der Waals surface area (Å²) in [5, 5.41) is 13.6. The number of aromatic amines is 1. The normalized spacial score (nSPS) is 14.7. The van der Waals surface area contributed by atoms with Crippen LogP contribution in [0.2, 0.25) is 0 Å². The lowest BCUT2D eigenvalue weighted by atomic mass is 9.98. The van der Waals surface area contributed by atoms with Crippen molar-refractivity contribution < 1.29 is 32.1 Å². The molecule has 1 aromatic carbocycles. The number of benzene rings is 1. The monoisotopic (exact) mass is 448 g/mol.